The standard InChI is InChI=1S/C19H26N4O2/c1-14-8-6-7-12-23(14)19(24)21-17(18-20-11-13-22(18)2)15-9-4-5-10-16(15)25-3/h4-5,9-11,13-14,17H,6-8,12H2,1-3H3,(H,21,24). The highest BCUT2D eigenvalue weighted by molar-refractivity contribution is 5.75. The van der Waals surface area contributed by atoms with Crippen molar-refractivity contribution in [1.29, 1.82) is 0 Å². The molecular formula is C19H26N4O2. The fourth-order valence-corrected chi connectivity index (χ4v) is 3.45. The quantitative estimate of drug-likeness (QED) is 0.929. The molecule has 0 bridgehead atoms. The van der Waals surface area contributed by atoms with Crippen LogP contribution in [-0.4, -0.2) is 40.2 Å². The van der Waals surface area contributed by atoms with Crippen molar-refractivity contribution in [3.05, 3.63) is 48.0 Å². The summed E-state index contributed by atoms with van der Waals surface area (Å²) in [7, 11) is 3.57. The van der Waals surface area contributed by atoms with Crippen molar-refractivity contribution >= 4 is 6.03 Å². The zero-order valence-corrected chi connectivity index (χ0v) is 15.1. The van der Waals surface area contributed by atoms with Crippen molar-refractivity contribution in [3.8, 4) is 5.75 Å². The number of hydrogen-bond acceptors (Lipinski definition) is 3. The third kappa shape index (κ3) is 3.62. The van der Waals surface area contributed by atoms with E-state index in [9.17, 15) is 4.79 Å². The molecule has 3 rings (SSSR count). The van der Waals surface area contributed by atoms with Crippen molar-refractivity contribution in [1.82, 2.24) is 19.8 Å². The smallest absolute Gasteiger partial charge is 0.318 e. The molecule has 1 fully saturated rings. The largest absolute Gasteiger partial charge is 0.496 e. The van der Waals surface area contributed by atoms with E-state index in [1.807, 2.05) is 47.0 Å². The number of methoxy groups -OCH3 is 1. The lowest BCUT2D eigenvalue weighted by Crippen LogP contribution is -2.48. The number of amides is 2. The number of urea groups is 1. The highest BCUT2D eigenvalue weighted by atomic mass is 16.5. The van der Waals surface area contributed by atoms with Gasteiger partial charge < -0.3 is 19.5 Å². The number of rotatable bonds is 4. The average molecular weight is 342 g/mol. The zero-order valence-electron chi connectivity index (χ0n) is 15.1. The summed E-state index contributed by atoms with van der Waals surface area (Å²) in [5.74, 6) is 1.52. The lowest BCUT2D eigenvalue weighted by atomic mass is 10.0. The summed E-state index contributed by atoms with van der Waals surface area (Å²) < 4.78 is 7.44. The van der Waals surface area contributed by atoms with E-state index < -0.39 is 0 Å². The third-order valence-electron chi connectivity index (χ3n) is 4.90. The number of piperidine rings is 1. The van der Waals surface area contributed by atoms with Gasteiger partial charge in [0.15, 0.2) is 0 Å². The van der Waals surface area contributed by atoms with E-state index in [2.05, 4.69) is 17.2 Å². The van der Waals surface area contributed by atoms with Gasteiger partial charge in [-0.2, -0.15) is 0 Å². The van der Waals surface area contributed by atoms with Crippen molar-refractivity contribution in [2.45, 2.75) is 38.3 Å². The summed E-state index contributed by atoms with van der Waals surface area (Å²) in [5, 5.41) is 3.18. The molecule has 134 valence electrons. The van der Waals surface area contributed by atoms with Crippen LogP contribution in [-0.2, 0) is 7.05 Å². The summed E-state index contributed by atoms with van der Waals surface area (Å²) in [4.78, 5) is 19.3. The van der Waals surface area contributed by atoms with Crippen LogP contribution in [0.5, 0.6) is 5.75 Å². The monoisotopic (exact) mass is 342 g/mol. The molecule has 1 aromatic carbocycles. The van der Waals surface area contributed by atoms with E-state index in [4.69, 9.17) is 4.74 Å². The molecule has 1 saturated heterocycles. The van der Waals surface area contributed by atoms with Gasteiger partial charge in [0, 0.05) is 37.6 Å². The first-order chi connectivity index (χ1) is 12.1. The van der Waals surface area contributed by atoms with Gasteiger partial charge in [-0.25, -0.2) is 9.78 Å². The van der Waals surface area contributed by atoms with E-state index >= 15 is 0 Å². The first kappa shape index (κ1) is 17.3. The highest BCUT2D eigenvalue weighted by Crippen LogP contribution is 2.29. The van der Waals surface area contributed by atoms with Crippen LogP contribution in [0.25, 0.3) is 0 Å². The molecule has 2 unspecified atom stereocenters. The Balaban J connectivity index is 1.92. The van der Waals surface area contributed by atoms with Gasteiger partial charge in [0.05, 0.1) is 7.11 Å². The van der Waals surface area contributed by atoms with Crippen LogP contribution in [0.1, 0.15) is 43.6 Å². The van der Waals surface area contributed by atoms with Crippen molar-refractivity contribution in [2.75, 3.05) is 13.7 Å². The fraction of sp³-hybridized carbons (Fsp3) is 0.474. The second-order valence-electron chi connectivity index (χ2n) is 6.56. The summed E-state index contributed by atoms with van der Waals surface area (Å²) in [6, 6.07) is 7.59. The Morgan fingerprint density at radius 2 is 2.16 bits per heavy atom. The molecule has 2 heterocycles. The van der Waals surface area contributed by atoms with Gasteiger partial charge in [0.2, 0.25) is 0 Å². The van der Waals surface area contributed by atoms with Gasteiger partial charge in [0.25, 0.3) is 0 Å². The van der Waals surface area contributed by atoms with Gasteiger partial charge in [-0.15, -0.1) is 0 Å². The Labute approximate surface area is 148 Å². The van der Waals surface area contributed by atoms with Crippen molar-refractivity contribution < 1.29 is 9.53 Å². The van der Waals surface area contributed by atoms with Gasteiger partial charge in [-0.1, -0.05) is 18.2 Å². The van der Waals surface area contributed by atoms with Gasteiger partial charge >= 0.3 is 6.03 Å². The number of ether oxygens (including phenoxy) is 1. The van der Waals surface area contributed by atoms with Gasteiger partial charge in [-0.05, 0) is 32.3 Å². The van der Waals surface area contributed by atoms with Crippen molar-refractivity contribution in [3.63, 3.8) is 0 Å². The van der Waals surface area contributed by atoms with E-state index in [0.29, 0.717) is 0 Å². The maximum absolute atomic E-state index is 12.9. The molecular weight excluding hydrogens is 316 g/mol. The Hall–Kier alpha value is -2.50. The number of para-hydroxylation sites is 1. The van der Waals surface area contributed by atoms with Crippen LogP contribution in [0, 0.1) is 0 Å². The summed E-state index contributed by atoms with van der Waals surface area (Å²) in [6.45, 7) is 2.91. The molecule has 2 atom stereocenters. The first-order valence-corrected chi connectivity index (χ1v) is 8.79. The first-order valence-electron chi connectivity index (χ1n) is 8.79. The number of hydrogen-bond donors (Lipinski definition) is 1. The zero-order chi connectivity index (χ0) is 17.8. The predicted molar refractivity (Wildman–Crippen MR) is 96.6 cm³/mol. The number of carbonyl (C=O) groups excluding carboxylic acids is 1. The molecule has 6 nitrogen and oxygen atoms in total. The molecule has 1 aromatic heterocycles. The van der Waals surface area contributed by atoms with Crippen molar-refractivity contribution in [2.24, 2.45) is 7.05 Å². The predicted octanol–water partition coefficient (Wildman–Crippen LogP) is 3.10. The number of nitrogens with zero attached hydrogens (tertiary/aromatic N) is 3. The van der Waals surface area contributed by atoms with Gasteiger partial charge in [0.1, 0.15) is 17.6 Å². The molecule has 6 heteroatoms. The lowest BCUT2D eigenvalue weighted by Gasteiger charge is -2.34. The number of nitrogens with one attached hydrogen (secondary N) is 1. The Kier molecular flexibility index (Phi) is 5.26. The normalized spacial score (nSPS) is 18.7. The molecule has 1 aliphatic rings. The molecule has 0 aliphatic carbocycles. The number of aryl methyl sites for hydroxylation is 1. The molecule has 1 aliphatic heterocycles. The Morgan fingerprint density at radius 3 is 2.84 bits per heavy atom. The van der Waals surface area contributed by atoms with E-state index in [-0.39, 0.29) is 18.1 Å². The molecule has 2 amide bonds. The summed E-state index contributed by atoms with van der Waals surface area (Å²) in [5.41, 5.74) is 0.900. The minimum absolute atomic E-state index is 0.0499. The molecule has 0 saturated carbocycles. The number of carbonyl (C=O) groups is 1. The van der Waals surface area contributed by atoms with E-state index in [1.54, 1.807) is 13.3 Å². The fourth-order valence-electron chi connectivity index (χ4n) is 3.45. The number of benzene rings is 1. The molecule has 2 aromatic rings. The third-order valence-corrected chi connectivity index (χ3v) is 4.90. The highest BCUT2D eigenvalue weighted by Gasteiger charge is 2.29. The van der Waals surface area contributed by atoms with Crippen LogP contribution in [0.4, 0.5) is 4.79 Å². The number of aromatic nitrogens is 2. The topological polar surface area (TPSA) is 59.4 Å². The maximum atomic E-state index is 12.9. The average Bonchev–Trinajstić information content (AvgIpc) is 3.05. The maximum Gasteiger partial charge on any atom is 0.318 e. The summed E-state index contributed by atoms with van der Waals surface area (Å²) in [6.07, 6.45) is 6.91. The molecule has 1 N–H and O–H groups in total. The Bertz CT molecular complexity index is 728. The lowest BCUT2D eigenvalue weighted by molar-refractivity contribution is 0.155. The second-order valence-corrected chi connectivity index (χ2v) is 6.56. The van der Waals surface area contributed by atoms with Crippen LogP contribution in [0.3, 0.4) is 0 Å². The molecule has 0 spiro atoms. The number of likely N-dealkylation sites (tertiary alicyclic amines) is 1. The minimum atomic E-state index is -0.363. The van der Waals surface area contributed by atoms with Crippen LogP contribution >= 0.6 is 0 Å². The van der Waals surface area contributed by atoms with E-state index in [0.717, 1.165) is 36.5 Å². The van der Waals surface area contributed by atoms with Crippen LogP contribution in [0.15, 0.2) is 36.7 Å². The molecule has 0 radical (unpaired) electrons. The SMILES string of the molecule is COc1ccccc1C(NC(=O)N1CCCCC1C)c1nccn1C. The van der Waals surface area contributed by atoms with Gasteiger partial charge in [-0.3, -0.25) is 0 Å². The van der Waals surface area contributed by atoms with Crippen LogP contribution in [0.2, 0.25) is 0 Å². The van der Waals surface area contributed by atoms with Crippen LogP contribution < -0.4 is 10.1 Å². The molecule has 25 heavy (non-hydrogen) atoms. The minimum Gasteiger partial charge on any atom is -0.496 e. The number of imidazole rings is 1. The second kappa shape index (κ2) is 7.59. The summed E-state index contributed by atoms with van der Waals surface area (Å²) >= 11 is 0. The Morgan fingerprint density at radius 1 is 1.36 bits per heavy atom. The van der Waals surface area contributed by atoms with E-state index in [1.165, 1.54) is 6.42 Å².